The van der Waals surface area contributed by atoms with Crippen LogP contribution in [0.2, 0.25) is 0 Å². The molecule has 0 aliphatic heterocycles. The minimum absolute atomic E-state index is 0. The largest absolute Gasteiger partial charge is 0.481 e. The zero-order valence-electron chi connectivity index (χ0n) is 7.47. The van der Waals surface area contributed by atoms with Crippen LogP contribution in [0.1, 0.15) is 5.56 Å². The molecule has 0 aliphatic carbocycles. The number of hydrogen-bond donors (Lipinski definition) is 1. The molecule has 0 fully saturated rings. The third kappa shape index (κ3) is 2.97. The molecule has 0 saturated heterocycles. The molecule has 1 aromatic carbocycles. The van der Waals surface area contributed by atoms with Crippen LogP contribution >= 0.6 is 12.4 Å². The van der Waals surface area contributed by atoms with Crippen LogP contribution in [0, 0.1) is 5.41 Å². The molecule has 0 atom stereocenters. The molecule has 6 heteroatoms. The molecule has 0 radical (unpaired) electrons. The van der Waals surface area contributed by atoms with E-state index in [0.29, 0.717) is 11.3 Å². The van der Waals surface area contributed by atoms with E-state index in [2.05, 4.69) is 10.0 Å². The van der Waals surface area contributed by atoms with Gasteiger partial charge in [-0.15, -0.1) is 12.4 Å². The zero-order chi connectivity index (χ0) is 9.68. The van der Waals surface area contributed by atoms with Crippen molar-refractivity contribution in [3.8, 4) is 0 Å². The summed E-state index contributed by atoms with van der Waals surface area (Å²) in [7, 11) is 1.43. The minimum Gasteiger partial charge on any atom is -0.481 e. The predicted molar refractivity (Wildman–Crippen MR) is 56.3 cm³/mol. The fourth-order valence-corrected chi connectivity index (χ4v) is 0.849. The quantitative estimate of drug-likeness (QED) is 0.264. The second kappa shape index (κ2) is 5.85. The third-order valence-corrected chi connectivity index (χ3v) is 1.49. The molecule has 5 nitrogen and oxygen atoms in total. The van der Waals surface area contributed by atoms with E-state index in [1.165, 1.54) is 7.11 Å². The summed E-state index contributed by atoms with van der Waals surface area (Å²) in [5.41, 5.74) is 9.31. The van der Waals surface area contributed by atoms with Gasteiger partial charge in [0.2, 0.25) is 5.90 Å². The molecule has 1 N–H and O–H groups in total. The lowest BCUT2D eigenvalue weighted by Crippen LogP contribution is -1.99. The summed E-state index contributed by atoms with van der Waals surface area (Å²) in [6.07, 6.45) is 0. The maximum atomic E-state index is 8.14. The minimum atomic E-state index is 0. The average Bonchev–Trinajstić information content (AvgIpc) is 2.18. The Balaban J connectivity index is 0.00000169. The Morgan fingerprint density at radius 1 is 1.43 bits per heavy atom. The number of ether oxygens (including phenoxy) is 1. The van der Waals surface area contributed by atoms with Crippen LogP contribution in [0.3, 0.4) is 0 Å². The summed E-state index contributed by atoms with van der Waals surface area (Å²) in [4.78, 5) is 2.64. The van der Waals surface area contributed by atoms with Gasteiger partial charge in [-0.05, 0) is 17.7 Å². The van der Waals surface area contributed by atoms with E-state index in [0.717, 1.165) is 0 Å². The molecule has 74 valence electrons. The Morgan fingerprint density at radius 2 is 2.00 bits per heavy atom. The topological polar surface area (TPSA) is 81.8 Å². The van der Waals surface area contributed by atoms with E-state index in [4.69, 9.17) is 15.7 Å². The first kappa shape index (κ1) is 12.3. The fraction of sp³-hybridized carbons (Fsp3) is 0.125. The van der Waals surface area contributed by atoms with Gasteiger partial charge in [0.15, 0.2) is 0 Å². The van der Waals surface area contributed by atoms with Gasteiger partial charge in [0, 0.05) is 16.2 Å². The van der Waals surface area contributed by atoms with Gasteiger partial charge < -0.3 is 4.74 Å². The van der Waals surface area contributed by atoms with Gasteiger partial charge in [0.1, 0.15) is 0 Å². The highest BCUT2D eigenvalue weighted by atomic mass is 35.5. The number of azide groups is 1. The SMILES string of the molecule is COC(=N)c1ccc(N=[N+]=[N-])cc1.Cl. The number of benzene rings is 1. The Morgan fingerprint density at radius 3 is 2.43 bits per heavy atom. The average molecular weight is 213 g/mol. The Hall–Kier alpha value is -1.71. The van der Waals surface area contributed by atoms with Gasteiger partial charge in [0.05, 0.1) is 7.11 Å². The van der Waals surface area contributed by atoms with Crippen LogP contribution in [-0.4, -0.2) is 13.0 Å². The smallest absolute Gasteiger partial charge is 0.212 e. The van der Waals surface area contributed by atoms with Crippen molar-refractivity contribution in [1.82, 2.24) is 0 Å². The van der Waals surface area contributed by atoms with Gasteiger partial charge in [0.25, 0.3) is 0 Å². The predicted octanol–water partition coefficient (Wildman–Crippen LogP) is 3.02. The van der Waals surface area contributed by atoms with E-state index < -0.39 is 0 Å². The number of nitrogens with zero attached hydrogens (tertiary/aromatic N) is 3. The standard InChI is InChI=1S/C8H8N4O.ClH/c1-13-8(9)6-2-4-7(5-3-6)11-12-10;/h2-5,9H,1H3;1H. The second-order valence-corrected chi connectivity index (χ2v) is 2.27. The van der Waals surface area contributed by atoms with Crippen LogP contribution < -0.4 is 0 Å². The van der Waals surface area contributed by atoms with Crippen molar-refractivity contribution in [2.24, 2.45) is 5.11 Å². The summed E-state index contributed by atoms with van der Waals surface area (Å²) >= 11 is 0. The summed E-state index contributed by atoms with van der Waals surface area (Å²) in [5.74, 6) is 0.0903. The first-order valence-corrected chi connectivity index (χ1v) is 3.56. The van der Waals surface area contributed by atoms with Crippen LogP contribution in [0.5, 0.6) is 0 Å². The van der Waals surface area contributed by atoms with Gasteiger partial charge >= 0.3 is 0 Å². The van der Waals surface area contributed by atoms with Gasteiger partial charge in [-0.25, -0.2) is 0 Å². The van der Waals surface area contributed by atoms with Crippen LogP contribution in [0.25, 0.3) is 10.4 Å². The lowest BCUT2D eigenvalue weighted by molar-refractivity contribution is 0.401. The normalized spacial score (nSPS) is 8.07. The van der Waals surface area contributed by atoms with E-state index in [9.17, 15) is 0 Å². The van der Waals surface area contributed by atoms with Gasteiger partial charge in [-0.2, -0.15) is 0 Å². The highest BCUT2D eigenvalue weighted by molar-refractivity contribution is 5.91. The summed E-state index contributed by atoms with van der Waals surface area (Å²) < 4.78 is 4.72. The van der Waals surface area contributed by atoms with Crippen molar-refractivity contribution >= 4 is 24.0 Å². The Labute approximate surface area is 87.2 Å². The molecular weight excluding hydrogens is 204 g/mol. The van der Waals surface area contributed by atoms with Crippen molar-refractivity contribution in [3.63, 3.8) is 0 Å². The van der Waals surface area contributed by atoms with Crippen molar-refractivity contribution in [2.75, 3.05) is 7.11 Å². The highest BCUT2D eigenvalue weighted by Gasteiger charge is 1.98. The first-order valence-electron chi connectivity index (χ1n) is 3.56. The van der Waals surface area contributed by atoms with Crippen LogP contribution in [-0.2, 0) is 4.74 Å². The van der Waals surface area contributed by atoms with Gasteiger partial charge in [-0.1, -0.05) is 17.2 Å². The maximum Gasteiger partial charge on any atom is 0.212 e. The van der Waals surface area contributed by atoms with E-state index in [1.807, 2.05) is 0 Å². The molecular formula is C8H9ClN4O. The molecule has 0 spiro atoms. The number of rotatable bonds is 2. The summed E-state index contributed by atoms with van der Waals surface area (Å²) in [6.45, 7) is 0. The fourth-order valence-electron chi connectivity index (χ4n) is 0.849. The van der Waals surface area contributed by atoms with Crippen LogP contribution in [0.15, 0.2) is 29.4 Å². The molecule has 0 heterocycles. The van der Waals surface area contributed by atoms with Crippen LogP contribution in [0.4, 0.5) is 5.69 Å². The van der Waals surface area contributed by atoms with E-state index in [1.54, 1.807) is 24.3 Å². The lowest BCUT2D eigenvalue weighted by Gasteiger charge is -2.01. The molecule has 0 aromatic heterocycles. The molecule has 0 amide bonds. The summed E-state index contributed by atoms with van der Waals surface area (Å²) in [5, 5.41) is 10.7. The molecule has 1 aromatic rings. The van der Waals surface area contributed by atoms with E-state index in [-0.39, 0.29) is 18.3 Å². The monoisotopic (exact) mass is 212 g/mol. The number of methoxy groups -OCH3 is 1. The van der Waals surface area contributed by atoms with Crippen molar-refractivity contribution < 1.29 is 4.74 Å². The van der Waals surface area contributed by atoms with E-state index >= 15 is 0 Å². The van der Waals surface area contributed by atoms with Crippen molar-refractivity contribution in [3.05, 3.63) is 40.3 Å². The zero-order valence-corrected chi connectivity index (χ0v) is 8.28. The summed E-state index contributed by atoms with van der Waals surface area (Å²) in [6, 6.07) is 6.58. The third-order valence-electron chi connectivity index (χ3n) is 1.49. The Kier molecular flexibility index (Phi) is 5.14. The first-order chi connectivity index (χ1) is 6.27. The molecule has 14 heavy (non-hydrogen) atoms. The highest BCUT2D eigenvalue weighted by Crippen LogP contribution is 2.13. The number of halogens is 1. The molecule has 0 unspecified atom stereocenters. The van der Waals surface area contributed by atoms with Crippen molar-refractivity contribution in [2.45, 2.75) is 0 Å². The molecule has 0 bridgehead atoms. The van der Waals surface area contributed by atoms with Gasteiger partial charge in [-0.3, -0.25) is 5.41 Å². The molecule has 1 rings (SSSR count). The second-order valence-electron chi connectivity index (χ2n) is 2.27. The number of hydrogen-bond acceptors (Lipinski definition) is 3. The van der Waals surface area contributed by atoms with Crippen molar-refractivity contribution in [1.29, 1.82) is 5.41 Å². The number of nitrogens with one attached hydrogen (secondary N) is 1. The lowest BCUT2D eigenvalue weighted by atomic mass is 10.2. The maximum absolute atomic E-state index is 8.14. The molecule has 0 saturated carbocycles. The Bertz CT molecular complexity index is 356. The molecule has 0 aliphatic rings.